The first-order valence-electron chi connectivity index (χ1n) is 10.2. The SMILES string of the molecule is CCc1nccn1C(CCO)c1cc(C#Cc2ccc(OCC(CO)CO)cc2)on1. The van der Waals surface area contributed by atoms with Crippen molar-refractivity contribution in [2.24, 2.45) is 5.92 Å². The lowest BCUT2D eigenvalue weighted by Crippen LogP contribution is -2.19. The number of benzene rings is 1. The van der Waals surface area contributed by atoms with Gasteiger partial charge in [0, 0.05) is 43.0 Å². The molecule has 0 fully saturated rings. The van der Waals surface area contributed by atoms with Crippen molar-refractivity contribution in [2.45, 2.75) is 25.8 Å². The molecule has 0 aliphatic heterocycles. The second-order valence-electron chi connectivity index (χ2n) is 7.06. The molecule has 0 aliphatic rings. The largest absolute Gasteiger partial charge is 0.493 e. The number of ether oxygens (including phenoxy) is 1. The second-order valence-corrected chi connectivity index (χ2v) is 7.06. The molecule has 0 amide bonds. The molecule has 0 saturated heterocycles. The predicted octanol–water partition coefficient (Wildman–Crippen LogP) is 1.78. The molecule has 8 heteroatoms. The average Bonchev–Trinajstić information content (AvgIpc) is 3.47. The maximum absolute atomic E-state index is 9.48. The molecule has 31 heavy (non-hydrogen) atoms. The number of hydrogen-bond acceptors (Lipinski definition) is 7. The van der Waals surface area contributed by atoms with Crippen molar-refractivity contribution >= 4 is 0 Å². The highest BCUT2D eigenvalue weighted by atomic mass is 16.5. The van der Waals surface area contributed by atoms with E-state index in [2.05, 4.69) is 22.0 Å². The first kappa shape index (κ1) is 22.6. The summed E-state index contributed by atoms with van der Waals surface area (Å²) in [5.41, 5.74) is 1.47. The van der Waals surface area contributed by atoms with Crippen molar-refractivity contribution in [3.63, 3.8) is 0 Å². The van der Waals surface area contributed by atoms with E-state index in [1.54, 1.807) is 24.4 Å². The van der Waals surface area contributed by atoms with E-state index in [-0.39, 0.29) is 38.4 Å². The van der Waals surface area contributed by atoms with E-state index in [4.69, 9.17) is 19.5 Å². The van der Waals surface area contributed by atoms with Gasteiger partial charge < -0.3 is 29.1 Å². The molecule has 3 aromatic rings. The predicted molar refractivity (Wildman–Crippen MR) is 114 cm³/mol. The van der Waals surface area contributed by atoms with Gasteiger partial charge in [-0.15, -0.1) is 0 Å². The third kappa shape index (κ3) is 5.95. The number of aliphatic hydroxyl groups is 3. The molecular weight excluding hydrogens is 398 g/mol. The summed E-state index contributed by atoms with van der Waals surface area (Å²) in [6.07, 6.45) is 4.90. The van der Waals surface area contributed by atoms with Crippen LogP contribution in [-0.2, 0) is 6.42 Å². The highest BCUT2D eigenvalue weighted by Crippen LogP contribution is 2.23. The number of aromatic nitrogens is 3. The molecule has 8 nitrogen and oxygen atoms in total. The van der Waals surface area contributed by atoms with Gasteiger partial charge in [-0.2, -0.15) is 0 Å². The van der Waals surface area contributed by atoms with Crippen molar-refractivity contribution in [3.05, 3.63) is 65.6 Å². The van der Waals surface area contributed by atoms with Crippen molar-refractivity contribution in [1.29, 1.82) is 0 Å². The van der Waals surface area contributed by atoms with Gasteiger partial charge in [0.1, 0.15) is 17.3 Å². The lowest BCUT2D eigenvalue weighted by atomic mass is 10.1. The fraction of sp³-hybridized carbons (Fsp3) is 0.391. The van der Waals surface area contributed by atoms with Crippen LogP contribution in [0.1, 0.15) is 42.2 Å². The number of hydrogen-bond donors (Lipinski definition) is 3. The molecule has 0 bridgehead atoms. The van der Waals surface area contributed by atoms with E-state index in [1.165, 1.54) is 0 Å². The van der Waals surface area contributed by atoms with Crippen LogP contribution < -0.4 is 4.74 Å². The molecule has 1 unspecified atom stereocenters. The molecule has 0 radical (unpaired) electrons. The van der Waals surface area contributed by atoms with Gasteiger partial charge in [0.2, 0.25) is 5.76 Å². The Morgan fingerprint density at radius 2 is 1.90 bits per heavy atom. The topological polar surface area (TPSA) is 114 Å². The maximum atomic E-state index is 9.48. The smallest absolute Gasteiger partial charge is 0.210 e. The Kier molecular flexibility index (Phi) is 8.24. The van der Waals surface area contributed by atoms with E-state index < -0.39 is 0 Å². The summed E-state index contributed by atoms with van der Waals surface area (Å²) in [6, 6.07) is 8.82. The van der Waals surface area contributed by atoms with Gasteiger partial charge in [-0.1, -0.05) is 18.0 Å². The third-order valence-electron chi connectivity index (χ3n) is 4.86. The van der Waals surface area contributed by atoms with E-state index in [1.807, 2.05) is 29.8 Å². The van der Waals surface area contributed by atoms with Crippen LogP contribution in [0, 0.1) is 17.8 Å². The zero-order valence-electron chi connectivity index (χ0n) is 17.4. The summed E-state index contributed by atoms with van der Waals surface area (Å²) < 4.78 is 12.9. The average molecular weight is 425 g/mol. The number of imidazole rings is 1. The Labute approximate surface area is 181 Å². The molecule has 2 heterocycles. The first-order valence-corrected chi connectivity index (χ1v) is 10.2. The van der Waals surface area contributed by atoms with Gasteiger partial charge in [0.15, 0.2) is 0 Å². The molecule has 3 rings (SSSR count). The maximum Gasteiger partial charge on any atom is 0.210 e. The Bertz CT molecular complexity index is 996. The van der Waals surface area contributed by atoms with Gasteiger partial charge in [-0.05, 0) is 36.6 Å². The lowest BCUT2D eigenvalue weighted by Gasteiger charge is -2.17. The van der Waals surface area contributed by atoms with Crippen LogP contribution in [-0.4, -0.2) is 56.5 Å². The fourth-order valence-corrected chi connectivity index (χ4v) is 3.10. The quantitative estimate of drug-likeness (QED) is 0.424. The van der Waals surface area contributed by atoms with E-state index in [0.717, 1.165) is 17.8 Å². The highest BCUT2D eigenvalue weighted by Gasteiger charge is 2.19. The molecule has 164 valence electrons. The van der Waals surface area contributed by atoms with Crippen LogP contribution in [0.3, 0.4) is 0 Å². The minimum Gasteiger partial charge on any atom is -0.493 e. The van der Waals surface area contributed by atoms with Gasteiger partial charge in [-0.3, -0.25) is 0 Å². The van der Waals surface area contributed by atoms with Crippen molar-refractivity contribution in [2.75, 3.05) is 26.4 Å². The standard InChI is InChI=1S/C23H27N3O5/c1-2-23-24-10-11-26(23)22(9-12-27)21-13-20(31-25-21)8-5-17-3-6-19(7-4-17)30-16-18(14-28)15-29/h3-4,6-7,10-11,13,18,22,27-29H,2,9,12,14-16H2,1H3. The monoisotopic (exact) mass is 425 g/mol. The summed E-state index contributed by atoms with van der Waals surface area (Å²) in [5, 5.41) is 31.8. The Balaban J connectivity index is 1.68. The zero-order chi connectivity index (χ0) is 22.1. The Hall–Kier alpha value is -3.12. The lowest BCUT2D eigenvalue weighted by molar-refractivity contribution is 0.106. The summed E-state index contributed by atoms with van der Waals surface area (Å²) in [4.78, 5) is 4.35. The van der Waals surface area contributed by atoms with Crippen molar-refractivity contribution in [3.8, 4) is 17.6 Å². The number of nitrogens with zero attached hydrogens (tertiary/aromatic N) is 3. The van der Waals surface area contributed by atoms with Crippen LogP contribution in [0.15, 0.2) is 47.2 Å². The zero-order valence-corrected chi connectivity index (χ0v) is 17.4. The highest BCUT2D eigenvalue weighted by molar-refractivity contribution is 5.42. The fourth-order valence-electron chi connectivity index (χ4n) is 3.10. The molecule has 0 spiro atoms. The first-order chi connectivity index (χ1) is 15.2. The summed E-state index contributed by atoms with van der Waals surface area (Å²) in [7, 11) is 0. The summed E-state index contributed by atoms with van der Waals surface area (Å²) in [5.74, 6) is 7.69. The van der Waals surface area contributed by atoms with E-state index >= 15 is 0 Å². The van der Waals surface area contributed by atoms with Gasteiger partial charge in [0.05, 0.1) is 25.9 Å². The molecule has 3 N–H and O–H groups in total. The van der Waals surface area contributed by atoms with Crippen LogP contribution in [0.5, 0.6) is 5.75 Å². The number of rotatable bonds is 10. The van der Waals surface area contributed by atoms with Gasteiger partial charge in [-0.25, -0.2) is 4.98 Å². The summed E-state index contributed by atoms with van der Waals surface area (Å²) in [6.45, 7) is 2.04. The molecule has 0 saturated carbocycles. The van der Waals surface area contributed by atoms with E-state index in [0.29, 0.717) is 23.6 Å². The molecule has 1 atom stereocenters. The van der Waals surface area contributed by atoms with Crippen molar-refractivity contribution in [1.82, 2.24) is 14.7 Å². The molecule has 1 aromatic carbocycles. The van der Waals surface area contributed by atoms with Crippen LogP contribution >= 0.6 is 0 Å². The Morgan fingerprint density at radius 3 is 2.58 bits per heavy atom. The van der Waals surface area contributed by atoms with Gasteiger partial charge in [0.25, 0.3) is 0 Å². The second kappa shape index (κ2) is 11.3. The normalized spacial score (nSPS) is 11.9. The minimum atomic E-state index is -0.300. The Morgan fingerprint density at radius 1 is 1.13 bits per heavy atom. The van der Waals surface area contributed by atoms with Crippen LogP contribution in [0.25, 0.3) is 0 Å². The number of aryl methyl sites for hydroxylation is 1. The molecular formula is C23H27N3O5. The summed E-state index contributed by atoms with van der Waals surface area (Å²) >= 11 is 0. The van der Waals surface area contributed by atoms with Crippen LogP contribution in [0.2, 0.25) is 0 Å². The minimum absolute atomic E-state index is 0.0195. The molecule has 2 aromatic heterocycles. The van der Waals surface area contributed by atoms with E-state index in [9.17, 15) is 5.11 Å². The van der Waals surface area contributed by atoms with Gasteiger partial charge >= 0.3 is 0 Å². The van der Waals surface area contributed by atoms with Crippen LogP contribution in [0.4, 0.5) is 0 Å². The third-order valence-corrected chi connectivity index (χ3v) is 4.86. The van der Waals surface area contributed by atoms with Crippen molar-refractivity contribution < 1.29 is 24.6 Å². The molecule has 0 aliphatic carbocycles. The number of aliphatic hydroxyl groups excluding tert-OH is 3.